The van der Waals surface area contributed by atoms with Crippen LogP contribution in [0.1, 0.15) is 40.8 Å². The van der Waals surface area contributed by atoms with Gasteiger partial charge in [0.1, 0.15) is 6.04 Å². The van der Waals surface area contributed by atoms with Gasteiger partial charge in [-0.25, -0.2) is 4.79 Å². The Morgan fingerprint density at radius 2 is 2.04 bits per heavy atom. The molecule has 6 heteroatoms. The van der Waals surface area contributed by atoms with E-state index >= 15 is 0 Å². The van der Waals surface area contributed by atoms with Gasteiger partial charge < -0.3 is 5.11 Å². The summed E-state index contributed by atoms with van der Waals surface area (Å²) in [5.74, 6) is -0.00461. The van der Waals surface area contributed by atoms with Gasteiger partial charge in [0.05, 0.1) is 5.03 Å². The average molecular weight is 383 g/mol. The van der Waals surface area contributed by atoms with Crippen LogP contribution in [0.4, 0.5) is 0 Å². The fraction of sp³-hybridized carbons (Fsp3) is 0.300. The topological polar surface area (TPSA) is 59.3 Å². The summed E-state index contributed by atoms with van der Waals surface area (Å²) in [6, 6.07) is 11.5. The predicted molar refractivity (Wildman–Crippen MR) is 105 cm³/mol. The molecule has 26 heavy (non-hydrogen) atoms. The first-order valence-corrected chi connectivity index (χ1v) is 10.5. The first-order valence-electron chi connectivity index (χ1n) is 8.73. The number of carboxylic acids is 1. The Morgan fingerprint density at radius 3 is 2.77 bits per heavy atom. The van der Waals surface area contributed by atoms with Crippen LogP contribution in [-0.2, 0) is 11.2 Å². The largest absolute Gasteiger partial charge is 0.480 e. The van der Waals surface area contributed by atoms with Crippen molar-refractivity contribution in [2.75, 3.05) is 5.75 Å². The highest BCUT2D eigenvalue weighted by molar-refractivity contribution is 7.99. The molecule has 1 fully saturated rings. The van der Waals surface area contributed by atoms with Crippen LogP contribution in [0.15, 0.2) is 46.2 Å². The first-order chi connectivity index (χ1) is 12.6. The predicted octanol–water partition coefficient (Wildman–Crippen LogP) is 4.26. The van der Waals surface area contributed by atoms with Crippen molar-refractivity contribution < 1.29 is 9.90 Å². The fourth-order valence-corrected chi connectivity index (χ4v) is 6.29. The second kappa shape index (κ2) is 5.99. The number of aromatic nitrogens is 1. The van der Waals surface area contributed by atoms with Crippen LogP contribution in [0, 0.1) is 0 Å². The number of thiophene rings is 1. The van der Waals surface area contributed by atoms with Gasteiger partial charge in [-0.05, 0) is 47.4 Å². The van der Waals surface area contributed by atoms with E-state index in [2.05, 4.69) is 18.2 Å². The summed E-state index contributed by atoms with van der Waals surface area (Å²) in [5.41, 5.74) is 2.11. The standard InChI is InChI=1S/C20H17NO3S2/c22-17-9-13(8-14-7-12-3-1-2-4-16(12)26-14)18(11-5-6-11)19-21(17)15(10-25-19)20(23)24/h1-4,7,9,11,15H,5-6,8,10H2,(H,23,24). The maximum atomic E-state index is 12.7. The van der Waals surface area contributed by atoms with Gasteiger partial charge >= 0.3 is 5.97 Å². The van der Waals surface area contributed by atoms with Crippen LogP contribution in [0.25, 0.3) is 10.1 Å². The van der Waals surface area contributed by atoms with E-state index in [-0.39, 0.29) is 5.56 Å². The van der Waals surface area contributed by atoms with E-state index in [0.717, 1.165) is 29.9 Å². The molecule has 0 saturated heterocycles. The molecule has 4 nitrogen and oxygen atoms in total. The summed E-state index contributed by atoms with van der Waals surface area (Å²) in [6.45, 7) is 0. The molecule has 1 aliphatic heterocycles. The highest BCUT2D eigenvalue weighted by atomic mass is 32.2. The molecule has 2 aliphatic rings. The van der Waals surface area contributed by atoms with Crippen LogP contribution in [0.2, 0.25) is 0 Å². The summed E-state index contributed by atoms with van der Waals surface area (Å²) >= 11 is 3.30. The maximum absolute atomic E-state index is 12.7. The lowest BCUT2D eigenvalue weighted by atomic mass is 10.0. The Morgan fingerprint density at radius 1 is 1.23 bits per heavy atom. The molecule has 0 spiro atoms. The van der Waals surface area contributed by atoms with Crippen molar-refractivity contribution in [2.24, 2.45) is 0 Å². The molecule has 0 radical (unpaired) electrons. The Labute approximate surface area is 158 Å². The smallest absolute Gasteiger partial charge is 0.327 e. The van der Waals surface area contributed by atoms with Gasteiger partial charge in [0.25, 0.3) is 5.56 Å². The zero-order valence-corrected chi connectivity index (χ0v) is 15.6. The second-order valence-corrected chi connectivity index (χ2v) is 9.14. The number of hydrogen-bond donors (Lipinski definition) is 1. The SMILES string of the molecule is O=C(O)C1CSc2c(C3CC3)c(Cc3cc4ccccc4s3)cc(=O)n21. The van der Waals surface area contributed by atoms with E-state index in [1.165, 1.54) is 36.9 Å². The van der Waals surface area contributed by atoms with Gasteiger partial charge in [-0.1, -0.05) is 18.2 Å². The van der Waals surface area contributed by atoms with Crippen molar-refractivity contribution in [2.45, 2.75) is 36.2 Å². The highest BCUT2D eigenvalue weighted by Crippen LogP contribution is 2.48. The van der Waals surface area contributed by atoms with Crippen LogP contribution < -0.4 is 5.56 Å². The molecule has 132 valence electrons. The summed E-state index contributed by atoms with van der Waals surface area (Å²) in [5, 5.41) is 11.6. The minimum absolute atomic E-state index is 0.182. The van der Waals surface area contributed by atoms with Crippen LogP contribution in [0.3, 0.4) is 0 Å². The van der Waals surface area contributed by atoms with Crippen molar-refractivity contribution in [3.05, 3.63) is 62.8 Å². The van der Waals surface area contributed by atoms with E-state index in [0.29, 0.717) is 11.7 Å². The Kier molecular flexibility index (Phi) is 3.72. The Bertz CT molecular complexity index is 1060. The number of thioether (sulfide) groups is 1. The number of carbonyl (C=O) groups is 1. The van der Waals surface area contributed by atoms with Crippen molar-refractivity contribution in [3.63, 3.8) is 0 Å². The third-order valence-corrected chi connectivity index (χ3v) is 7.42. The quantitative estimate of drug-likeness (QED) is 0.731. The molecule has 1 aliphatic carbocycles. The van der Waals surface area contributed by atoms with E-state index < -0.39 is 12.0 Å². The summed E-state index contributed by atoms with van der Waals surface area (Å²) < 4.78 is 2.77. The maximum Gasteiger partial charge on any atom is 0.327 e. The molecule has 0 amide bonds. The third kappa shape index (κ3) is 2.59. The molecule has 1 atom stereocenters. The van der Waals surface area contributed by atoms with Crippen LogP contribution >= 0.6 is 23.1 Å². The van der Waals surface area contributed by atoms with Crippen molar-refractivity contribution in [1.82, 2.24) is 4.57 Å². The summed E-state index contributed by atoms with van der Waals surface area (Å²) in [4.78, 5) is 25.5. The number of hydrogen-bond acceptors (Lipinski definition) is 4. The normalized spacial score (nSPS) is 19.0. The molecule has 1 aromatic carbocycles. The van der Waals surface area contributed by atoms with Gasteiger partial charge in [0.15, 0.2) is 0 Å². The van der Waals surface area contributed by atoms with Crippen LogP contribution in [-0.4, -0.2) is 21.4 Å². The summed E-state index contributed by atoms with van der Waals surface area (Å²) in [6.07, 6.45) is 3.00. The molecular formula is C20H17NO3S2. The first kappa shape index (κ1) is 16.1. The molecule has 3 heterocycles. The fourth-order valence-electron chi connectivity index (χ4n) is 3.79. The highest BCUT2D eigenvalue weighted by Gasteiger charge is 2.37. The molecule has 2 aromatic heterocycles. The zero-order valence-electron chi connectivity index (χ0n) is 14.0. The number of carboxylic acid groups (broad SMARTS) is 1. The van der Waals surface area contributed by atoms with Crippen LogP contribution in [0.5, 0.6) is 0 Å². The minimum atomic E-state index is -0.919. The van der Waals surface area contributed by atoms with E-state index in [9.17, 15) is 14.7 Å². The Hall–Kier alpha value is -2.05. The lowest BCUT2D eigenvalue weighted by Crippen LogP contribution is -2.29. The molecule has 1 unspecified atom stereocenters. The monoisotopic (exact) mass is 383 g/mol. The number of aliphatic carboxylic acids is 1. The Balaban J connectivity index is 1.62. The van der Waals surface area contributed by atoms with Gasteiger partial charge in [0.2, 0.25) is 0 Å². The molecule has 3 aromatic rings. The van der Waals surface area contributed by atoms with Gasteiger partial charge in [-0.15, -0.1) is 23.1 Å². The lowest BCUT2D eigenvalue weighted by molar-refractivity contribution is -0.140. The number of rotatable bonds is 4. The van der Waals surface area contributed by atoms with Gasteiger partial charge in [0, 0.05) is 27.8 Å². The number of benzene rings is 1. The van der Waals surface area contributed by atoms with Crippen molar-refractivity contribution in [3.8, 4) is 0 Å². The molecule has 5 rings (SSSR count). The molecular weight excluding hydrogens is 366 g/mol. The molecule has 1 N–H and O–H groups in total. The van der Waals surface area contributed by atoms with E-state index in [1.807, 2.05) is 12.1 Å². The van der Waals surface area contributed by atoms with Gasteiger partial charge in [-0.3, -0.25) is 9.36 Å². The molecule has 1 saturated carbocycles. The number of fused-ring (bicyclic) bond motifs is 2. The third-order valence-electron chi connectivity index (χ3n) is 5.13. The second-order valence-electron chi connectivity index (χ2n) is 6.96. The number of pyridine rings is 1. The summed E-state index contributed by atoms with van der Waals surface area (Å²) in [7, 11) is 0. The van der Waals surface area contributed by atoms with Crippen molar-refractivity contribution in [1.29, 1.82) is 0 Å². The van der Waals surface area contributed by atoms with E-state index in [4.69, 9.17) is 0 Å². The lowest BCUT2D eigenvalue weighted by Gasteiger charge is -2.15. The van der Waals surface area contributed by atoms with E-state index in [1.54, 1.807) is 17.4 Å². The minimum Gasteiger partial charge on any atom is -0.480 e. The average Bonchev–Trinajstić information content (AvgIpc) is 3.18. The number of nitrogens with zero attached hydrogens (tertiary/aromatic N) is 1. The van der Waals surface area contributed by atoms with Crippen molar-refractivity contribution >= 4 is 39.2 Å². The van der Waals surface area contributed by atoms with Gasteiger partial charge in [-0.2, -0.15) is 0 Å². The zero-order chi connectivity index (χ0) is 17.8. The molecule has 0 bridgehead atoms.